The van der Waals surface area contributed by atoms with E-state index in [2.05, 4.69) is 26.6 Å². The second-order valence-electron chi connectivity index (χ2n) is 4.38. The Kier molecular flexibility index (Phi) is 4.92. The van der Waals surface area contributed by atoms with E-state index in [1.54, 1.807) is 19.9 Å². The molecule has 0 aromatic carbocycles. The Bertz CT molecular complexity index is 442. The van der Waals surface area contributed by atoms with Gasteiger partial charge in [0.05, 0.1) is 18.7 Å². The number of halogens is 1. The number of nitrogens with one attached hydrogen (secondary N) is 2. The first-order valence-electron chi connectivity index (χ1n) is 5.29. The molecule has 0 aliphatic heterocycles. The van der Waals surface area contributed by atoms with E-state index in [1.807, 2.05) is 0 Å². The molecule has 0 saturated heterocycles. The molecule has 0 aliphatic carbocycles. The van der Waals surface area contributed by atoms with Crippen LogP contribution in [0, 0.1) is 0 Å². The Balaban J connectivity index is 2.42. The quantitative estimate of drug-likeness (QED) is 0.743. The summed E-state index contributed by atoms with van der Waals surface area (Å²) in [5.41, 5.74) is -0.713. The molecule has 0 saturated carbocycles. The number of carbonyl (C=O) groups excluding carboxylic acids is 2. The minimum absolute atomic E-state index is 0.121. The summed E-state index contributed by atoms with van der Waals surface area (Å²) in [6.45, 7) is 2.99. The molecule has 0 bridgehead atoms. The molecule has 7 heteroatoms. The molecule has 1 aromatic rings. The molecule has 0 spiro atoms. The van der Waals surface area contributed by atoms with Crippen molar-refractivity contribution < 1.29 is 19.1 Å². The highest BCUT2D eigenvalue weighted by molar-refractivity contribution is 9.10. The summed E-state index contributed by atoms with van der Waals surface area (Å²) in [4.78, 5) is 23.0. The van der Waals surface area contributed by atoms with Gasteiger partial charge in [0.15, 0.2) is 10.4 Å². The van der Waals surface area contributed by atoms with Gasteiger partial charge in [-0.05, 0) is 41.9 Å². The van der Waals surface area contributed by atoms with Crippen molar-refractivity contribution in [2.45, 2.75) is 19.4 Å². The highest BCUT2D eigenvalue weighted by Gasteiger charge is 2.19. The zero-order valence-corrected chi connectivity index (χ0v) is 11.7. The predicted octanol–water partition coefficient (Wildman–Crippen LogP) is 0.659. The molecule has 0 aliphatic rings. The van der Waals surface area contributed by atoms with Gasteiger partial charge in [-0.3, -0.25) is 9.59 Å². The van der Waals surface area contributed by atoms with E-state index in [0.717, 1.165) is 0 Å². The number of furan rings is 1. The van der Waals surface area contributed by atoms with Crippen molar-refractivity contribution in [1.29, 1.82) is 0 Å². The number of rotatable bonds is 5. The minimum Gasteiger partial charge on any atom is -0.444 e. The Morgan fingerprint density at radius 2 is 2.11 bits per heavy atom. The van der Waals surface area contributed by atoms with Crippen LogP contribution in [-0.4, -0.2) is 35.6 Å². The third-order valence-corrected chi connectivity index (χ3v) is 2.51. The molecule has 0 unspecified atom stereocenters. The van der Waals surface area contributed by atoms with Crippen LogP contribution in [0.3, 0.4) is 0 Å². The number of carbonyl (C=O) groups is 2. The summed E-state index contributed by atoms with van der Waals surface area (Å²) in [6.07, 6.45) is 0. The van der Waals surface area contributed by atoms with Gasteiger partial charge >= 0.3 is 0 Å². The monoisotopic (exact) mass is 318 g/mol. The normalized spacial score (nSPS) is 11.1. The highest BCUT2D eigenvalue weighted by Crippen LogP contribution is 2.13. The van der Waals surface area contributed by atoms with Crippen molar-refractivity contribution in [2.75, 3.05) is 13.2 Å². The summed E-state index contributed by atoms with van der Waals surface area (Å²) in [5, 5.41) is 14.0. The number of hydrogen-bond acceptors (Lipinski definition) is 4. The lowest BCUT2D eigenvalue weighted by Gasteiger charge is -2.23. The molecule has 0 radical (unpaired) electrons. The minimum atomic E-state index is -0.713. The topological polar surface area (TPSA) is 91.6 Å². The molecule has 1 rings (SSSR count). The fourth-order valence-electron chi connectivity index (χ4n) is 1.15. The van der Waals surface area contributed by atoms with Crippen LogP contribution in [0.4, 0.5) is 0 Å². The van der Waals surface area contributed by atoms with Gasteiger partial charge in [0, 0.05) is 0 Å². The molecule has 3 N–H and O–H groups in total. The second-order valence-corrected chi connectivity index (χ2v) is 5.16. The Labute approximate surface area is 113 Å². The summed E-state index contributed by atoms with van der Waals surface area (Å²) < 4.78 is 5.48. The molecular formula is C11H15BrN2O4. The van der Waals surface area contributed by atoms with Crippen molar-refractivity contribution in [3.8, 4) is 0 Å². The average molecular weight is 319 g/mol. The summed E-state index contributed by atoms with van der Waals surface area (Å²) in [7, 11) is 0. The van der Waals surface area contributed by atoms with Crippen LogP contribution in [0.15, 0.2) is 21.2 Å². The van der Waals surface area contributed by atoms with Gasteiger partial charge in [0.1, 0.15) is 0 Å². The van der Waals surface area contributed by atoms with Gasteiger partial charge in [-0.2, -0.15) is 0 Å². The van der Waals surface area contributed by atoms with E-state index < -0.39 is 11.4 Å². The van der Waals surface area contributed by atoms with E-state index in [-0.39, 0.29) is 24.8 Å². The average Bonchev–Trinajstić information content (AvgIpc) is 2.72. The molecule has 0 atom stereocenters. The van der Waals surface area contributed by atoms with Gasteiger partial charge in [-0.25, -0.2) is 0 Å². The molecule has 6 nitrogen and oxygen atoms in total. The Morgan fingerprint density at radius 3 is 2.61 bits per heavy atom. The first-order valence-corrected chi connectivity index (χ1v) is 6.09. The second kappa shape index (κ2) is 6.01. The lowest BCUT2D eigenvalue weighted by atomic mass is 10.1. The van der Waals surface area contributed by atoms with Crippen LogP contribution in [0.1, 0.15) is 24.4 Å². The number of hydrogen-bond donors (Lipinski definition) is 3. The fourth-order valence-corrected chi connectivity index (χ4v) is 1.45. The first-order chi connectivity index (χ1) is 8.34. The van der Waals surface area contributed by atoms with Gasteiger partial charge < -0.3 is 20.2 Å². The van der Waals surface area contributed by atoms with E-state index >= 15 is 0 Å². The van der Waals surface area contributed by atoms with Crippen LogP contribution in [0.5, 0.6) is 0 Å². The first kappa shape index (κ1) is 14.7. The Morgan fingerprint density at radius 1 is 1.44 bits per heavy atom. The molecule has 18 heavy (non-hydrogen) atoms. The number of aliphatic hydroxyl groups excluding tert-OH is 1. The van der Waals surface area contributed by atoms with Crippen molar-refractivity contribution in [2.24, 2.45) is 0 Å². The maximum Gasteiger partial charge on any atom is 0.287 e. The SMILES string of the molecule is CC(C)(CO)NC(=O)CNC(=O)c1ccc(Br)o1. The third-order valence-electron chi connectivity index (χ3n) is 2.08. The highest BCUT2D eigenvalue weighted by atomic mass is 79.9. The molecule has 1 aromatic heterocycles. The summed E-state index contributed by atoms with van der Waals surface area (Å²) in [6, 6.07) is 3.08. The predicted molar refractivity (Wildman–Crippen MR) is 68.0 cm³/mol. The summed E-state index contributed by atoms with van der Waals surface area (Å²) >= 11 is 3.08. The van der Waals surface area contributed by atoms with Gasteiger partial charge in [0.25, 0.3) is 5.91 Å². The van der Waals surface area contributed by atoms with E-state index in [9.17, 15) is 9.59 Å². The molecule has 100 valence electrons. The van der Waals surface area contributed by atoms with Crippen molar-refractivity contribution in [3.63, 3.8) is 0 Å². The van der Waals surface area contributed by atoms with Crippen molar-refractivity contribution >= 4 is 27.7 Å². The van der Waals surface area contributed by atoms with E-state index in [0.29, 0.717) is 4.67 Å². The standard InChI is InChI=1S/C11H15BrN2O4/c1-11(2,6-15)14-9(16)5-13-10(17)7-3-4-8(12)18-7/h3-4,15H,5-6H2,1-2H3,(H,13,17)(H,14,16). The molecule has 2 amide bonds. The van der Waals surface area contributed by atoms with Crippen LogP contribution in [-0.2, 0) is 4.79 Å². The maximum atomic E-state index is 11.5. The smallest absolute Gasteiger partial charge is 0.287 e. The number of aliphatic hydroxyl groups is 1. The maximum absolute atomic E-state index is 11.5. The van der Waals surface area contributed by atoms with Crippen molar-refractivity contribution in [1.82, 2.24) is 10.6 Å². The zero-order valence-electron chi connectivity index (χ0n) is 10.1. The molecular weight excluding hydrogens is 304 g/mol. The van der Waals surface area contributed by atoms with Crippen LogP contribution < -0.4 is 10.6 Å². The van der Waals surface area contributed by atoms with Crippen molar-refractivity contribution in [3.05, 3.63) is 22.6 Å². The van der Waals surface area contributed by atoms with Crippen LogP contribution in [0.25, 0.3) is 0 Å². The molecule has 1 heterocycles. The number of amides is 2. The van der Waals surface area contributed by atoms with Crippen LogP contribution in [0.2, 0.25) is 0 Å². The molecule has 0 fully saturated rings. The zero-order chi connectivity index (χ0) is 13.8. The Hall–Kier alpha value is -1.34. The fraction of sp³-hybridized carbons (Fsp3) is 0.455. The van der Waals surface area contributed by atoms with E-state index in [1.165, 1.54) is 6.07 Å². The lowest BCUT2D eigenvalue weighted by molar-refractivity contribution is -0.122. The van der Waals surface area contributed by atoms with Gasteiger partial charge in [-0.1, -0.05) is 0 Å². The van der Waals surface area contributed by atoms with Gasteiger partial charge in [-0.15, -0.1) is 0 Å². The van der Waals surface area contributed by atoms with Gasteiger partial charge in [0.2, 0.25) is 5.91 Å². The third kappa shape index (κ3) is 4.50. The van der Waals surface area contributed by atoms with Crippen LogP contribution >= 0.6 is 15.9 Å². The van der Waals surface area contributed by atoms with E-state index in [4.69, 9.17) is 9.52 Å². The lowest BCUT2D eigenvalue weighted by Crippen LogP contribution is -2.49. The summed E-state index contributed by atoms with van der Waals surface area (Å²) in [5.74, 6) is -0.734. The largest absolute Gasteiger partial charge is 0.444 e.